The highest BCUT2D eigenvalue weighted by molar-refractivity contribution is 5.70. The summed E-state index contributed by atoms with van der Waals surface area (Å²) in [6.07, 6.45) is 6.83. The molecule has 0 rings (SSSR count). The average molecular weight is 198 g/mol. The normalized spacial score (nSPS) is 14.7. The number of carboxylic acids is 1. The number of hydrogen-bond acceptors (Lipinski definition) is 1. The SMILES string of the molecule is C=CC[C@H](C(=O)O)C(C)CCCCC. The van der Waals surface area contributed by atoms with Crippen LogP contribution in [0, 0.1) is 11.8 Å². The van der Waals surface area contributed by atoms with Crippen LogP contribution in [0.1, 0.15) is 46.0 Å². The van der Waals surface area contributed by atoms with Crippen LogP contribution in [0.15, 0.2) is 12.7 Å². The molecular formula is C12H22O2. The Morgan fingerprint density at radius 2 is 2.14 bits per heavy atom. The lowest BCUT2D eigenvalue weighted by molar-refractivity contribution is -0.143. The molecule has 0 heterocycles. The van der Waals surface area contributed by atoms with E-state index in [1.165, 1.54) is 12.8 Å². The van der Waals surface area contributed by atoms with Crippen molar-refractivity contribution in [1.29, 1.82) is 0 Å². The molecule has 0 aromatic carbocycles. The summed E-state index contributed by atoms with van der Waals surface area (Å²) in [4.78, 5) is 10.9. The third kappa shape index (κ3) is 5.05. The summed E-state index contributed by atoms with van der Waals surface area (Å²) in [6.45, 7) is 7.78. The van der Waals surface area contributed by atoms with E-state index in [1.54, 1.807) is 6.08 Å². The van der Waals surface area contributed by atoms with Crippen LogP contribution in [0.2, 0.25) is 0 Å². The quantitative estimate of drug-likeness (QED) is 0.479. The van der Waals surface area contributed by atoms with Crippen molar-refractivity contribution in [2.75, 3.05) is 0 Å². The van der Waals surface area contributed by atoms with Crippen LogP contribution < -0.4 is 0 Å². The van der Waals surface area contributed by atoms with Gasteiger partial charge in [0.05, 0.1) is 5.92 Å². The molecule has 0 aromatic rings. The van der Waals surface area contributed by atoms with Gasteiger partial charge in [-0.15, -0.1) is 6.58 Å². The van der Waals surface area contributed by atoms with Gasteiger partial charge in [-0.2, -0.15) is 0 Å². The Bertz CT molecular complexity index is 175. The minimum absolute atomic E-state index is 0.246. The third-order valence-corrected chi connectivity index (χ3v) is 2.69. The first-order valence-electron chi connectivity index (χ1n) is 5.47. The lowest BCUT2D eigenvalue weighted by Gasteiger charge is -2.18. The van der Waals surface area contributed by atoms with Crippen molar-refractivity contribution in [3.63, 3.8) is 0 Å². The van der Waals surface area contributed by atoms with Crippen molar-refractivity contribution >= 4 is 5.97 Å². The highest BCUT2D eigenvalue weighted by atomic mass is 16.4. The predicted molar refractivity (Wildman–Crippen MR) is 59.2 cm³/mol. The number of allylic oxidation sites excluding steroid dienone is 1. The van der Waals surface area contributed by atoms with Crippen molar-refractivity contribution in [3.05, 3.63) is 12.7 Å². The molecule has 0 spiro atoms. The highest BCUT2D eigenvalue weighted by Crippen LogP contribution is 2.22. The minimum Gasteiger partial charge on any atom is -0.481 e. The molecule has 0 aliphatic carbocycles. The van der Waals surface area contributed by atoms with Crippen LogP contribution in [0.3, 0.4) is 0 Å². The molecule has 1 unspecified atom stereocenters. The van der Waals surface area contributed by atoms with Gasteiger partial charge in [0.2, 0.25) is 0 Å². The Labute approximate surface area is 87.0 Å². The number of carbonyl (C=O) groups is 1. The summed E-state index contributed by atoms with van der Waals surface area (Å²) < 4.78 is 0. The Hall–Kier alpha value is -0.790. The standard InChI is InChI=1S/C12H22O2/c1-4-6-7-9-10(3)11(8-5-2)12(13)14/h5,10-11H,2,4,6-9H2,1,3H3,(H,13,14)/t10?,11-/m0/s1. The van der Waals surface area contributed by atoms with Crippen molar-refractivity contribution in [3.8, 4) is 0 Å². The second kappa shape index (κ2) is 7.60. The van der Waals surface area contributed by atoms with Gasteiger partial charge < -0.3 is 5.11 Å². The molecule has 0 saturated carbocycles. The number of unbranched alkanes of at least 4 members (excludes halogenated alkanes) is 2. The molecule has 0 bridgehead atoms. The van der Waals surface area contributed by atoms with Crippen LogP contribution in [-0.2, 0) is 4.79 Å². The average Bonchev–Trinajstić information content (AvgIpc) is 2.13. The Kier molecular flexibility index (Phi) is 7.17. The van der Waals surface area contributed by atoms with Gasteiger partial charge in [0.1, 0.15) is 0 Å². The Morgan fingerprint density at radius 1 is 1.50 bits per heavy atom. The first-order chi connectivity index (χ1) is 6.63. The van der Waals surface area contributed by atoms with Crippen LogP contribution in [0.25, 0.3) is 0 Å². The van der Waals surface area contributed by atoms with Crippen LogP contribution in [-0.4, -0.2) is 11.1 Å². The fraction of sp³-hybridized carbons (Fsp3) is 0.750. The van der Waals surface area contributed by atoms with E-state index in [0.717, 1.165) is 12.8 Å². The van der Waals surface area contributed by atoms with Gasteiger partial charge in [-0.3, -0.25) is 4.79 Å². The predicted octanol–water partition coefficient (Wildman–Crippen LogP) is 3.48. The van der Waals surface area contributed by atoms with Crippen LogP contribution in [0.5, 0.6) is 0 Å². The zero-order chi connectivity index (χ0) is 11.0. The summed E-state index contributed by atoms with van der Waals surface area (Å²) in [5.41, 5.74) is 0. The number of hydrogen-bond donors (Lipinski definition) is 1. The maximum Gasteiger partial charge on any atom is 0.307 e. The molecule has 0 saturated heterocycles. The fourth-order valence-corrected chi connectivity index (χ4v) is 1.67. The highest BCUT2D eigenvalue weighted by Gasteiger charge is 2.22. The van der Waals surface area contributed by atoms with Gasteiger partial charge >= 0.3 is 5.97 Å². The zero-order valence-electron chi connectivity index (χ0n) is 9.33. The third-order valence-electron chi connectivity index (χ3n) is 2.69. The van der Waals surface area contributed by atoms with Crippen molar-refractivity contribution in [2.45, 2.75) is 46.0 Å². The van der Waals surface area contributed by atoms with Crippen molar-refractivity contribution in [1.82, 2.24) is 0 Å². The second-order valence-electron chi connectivity index (χ2n) is 3.94. The molecule has 0 amide bonds. The second-order valence-corrected chi connectivity index (χ2v) is 3.94. The molecule has 2 nitrogen and oxygen atoms in total. The van der Waals surface area contributed by atoms with Crippen molar-refractivity contribution < 1.29 is 9.90 Å². The van der Waals surface area contributed by atoms with Gasteiger partial charge in [0, 0.05) is 0 Å². The lowest BCUT2D eigenvalue weighted by Crippen LogP contribution is -2.21. The van der Waals surface area contributed by atoms with E-state index in [-0.39, 0.29) is 11.8 Å². The van der Waals surface area contributed by atoms with Crippen LogP contribution >= 0.6 is 0 Å². The molecule has 0 radical (unpaired) electrons. The molecule has 82 valence electrons. The monoisotopic (exact) mass is 198 g/mol. The van der Waals surface area contributed by atoms with Gasteiger partial charge in [-0.25, -0.2) is 0 Å². The van der Waals surface area contributed by atoms with Gasteiger partial charge in [0.25, 0.3) is 0 Å². The summed E-state index contributed by atoms with van der Waals surface area (Å²) >= 11 is 0. The smallest absolute Gasteiger partial charge is 0.307 e. The minimum atomic E-state index is -0.686. The summed E-state index contributed by atoms with van der Waals surface area (Å²) in [5.74, 6) is -0.671. The van der Waals surface area contributed by atoms with E-state index in [0.29, 0.717) is 6.42 Å². The molecule has 14 heavy (non-hydrogen) atoms. The van der Waals surface area contributed by atoms with E-state index in [2.05, 4.69) is 13.5 Å². The van der Waals surface area contributed by atoms with E-state index in [9.17, 15) is 4.79 Å². The van der Waals surface area contributed by atoms with Gasteiger partial charge in [-0.05, 0) is 18.8 Å². The van der Waals surface area contributed by atoms with E-state index >= 15 is 0 Å². The summed E-state index contributed by atoms with van der Waals surface area (Å²) in [6, 6.07) is 0. The lowest BCUT2D eigenvalue weighted by atomic mass is 9.87. The zero-order valence-corrected chi connectivity index (χ0v) is 9.33. The van der Waals surface area contributed by atoms with Crippen LogP contribution in [0.4, 0.5) is 0 Å². The number of rotatable bonds is 8. The summed E-state index contributed by atoms with van der Waals surface area (Å²) in [7, 11) is 0. The van der Waals surface area contributed by atoms with E-state index in [1.807, 2.05) is 6.92 Å². The van der Waals surface area contributed by atoms with Gasteiger partial charge in [-0.1, -0.05) is 39.2 Å². The molecule has 1 N–H and O–H groups in total. The molecule has 0 aliphatic heterocycles. The topological polar surface area (TPSA) is 37.3 Å². The molecule has 0 aromatic heterocycles. The maximum absolute atomic E-state index is 10.9. The number of carboxylic acid groups (broad SMARTS) is 1. The Balaban J connectivity index is 3.94. The molecule has 2 heteroatoms. The molecule has 2 atom stereocenters. The maximum atomic E-state index is 10.9. The first kappa shape index (κ1) is 13.2. The largest absolute Gasteiger partial charge is 0.481 e. The van der Waals surface area contributed by atoms with E-state index < -0.39 is 5.97 Å². The van der Waals surface area contributed by atoms with Crippen molar-refractivity contribution in [2.24, 2.45) is 11.8 Å². The molecule has 0 fully saturated rings. The fourth-order valence-electron chi connectivity index (χ4n) is 1.67. The van der Waals surface area contributed by atoms with Gasteiger partial charge in [0.15, 0.2) is 0 Å². The number of aliphatic carboxylic acids is 1. The van der Waals surface area contributed by atoms with E-state index in [4.69, 9.17) is 5.11 Å². The molecular weight excluding hydrogens is 176 g/mol. The Morgan fingerprint density at radius 3 is 2.57 bits per heavy atom. The summed E-state index contributed by atoms with van der Waals surface area (Å²) in [5, 5.41) is 8.98. The first-order valence-corrected chi connectivity index (χ1v) is 5.47. The molecule has 0 aliphatic rings.